The number of hydrogen-bond acceptors (Lipinski definition) is 6. The molecule has 3 heterocycles. The fourth-order valence-corrected chi connectivity index (χ4v) is 4.13. The Morgan fingerprint density at radius 3 is 2.66 bits per heavy atom. The second-order valence-corrected chi connectivity index (χ2v) is 7.49. The molecule has 1 saturated heterocycles. The molecule has 0 spiro atoms. The number of ether oxygens (including phenoxy) is 2. The Balaban J connectivity index is 1.63. The van der Waals surface area contributed by atoms with Crippen LogP contribution in [0.3, 0.4) is 0 Å². The van der Waals surface area contributed by atoms with Gasteiger partial charge in [0.25, 0.3) is 0 Å². The van der Waals surface area contributed by atoms with Crippen molar-refractivity contribution in [3.63, 3.8) is 0 Å². The lowest BCUT2D eigenvalue weighted by Gasteiger charge is -2.26. The Bertz CT molecular complexity index is 1050. The summed E-state index contributed by atoms with van der Waals surface area (Å²) in [6, 6.07) is 10.2. The maximum Gasteiger partial charge on any atom is 0.199 e. The molecule has 3 aromatic rings. The molecule has 1 aromatic carbocycles. The van der Waals surface area contributed by atoms with E-state index in [9.17, 15) is 0 Å². The molecule has 1 fully saturated rings. The predicted molar refractivity (Wildman–Crippen MR) is 113 cm³/mol. The van der Waals surface area contributed by atoms with Crippen LogP contribution in [-0.4, -0.2) is 45.0 Å². The molecule has 0 aliphatic carbocycles. The maximum atomic E-state index is 5.67. The van der Waals surface area contributed by atoms with E-state index < -0.39 is 0 Å². The van der Waals surface area contributed by atoms with Crippen molar-refractivity contribution in [2.45, 2.75) is 25.6 Å². The number of methoxy groups -OCH3 is 2. The molecule has 0 unspecified atom stereocenters. The zero-order valence-electron chi connectivity index (χ0n) is 16.9. The van der Waals surface area contributed by atoms with E-state index in [0.29, 0.717) is 11.4 Å². The van der Waals surface area contributed by atoms with Crippen molar-refractivity contribution in [1.29, 1.82) is 0 Å². The largest absolute Gasteiger partial charge is 0.497 e. The van der Waals surface area contributed by atoms with E-state index in [1.165, 1.54) is 5.56 Å². The molecule has 0 amide bonds. The summed E-state index contributed by atoms with van der Waals surface area (Å²) < 4.78 is 15.5. The molecule has 1 aliphatic heterocycles. The number of benzene rings is 1. The molecule has 0 saturated carbocycles. The first kappa shape index (κ1) is 19.6. The Kier molecular flexibility index (Phi) is 5.64. The minimum Gasteiger partial charge on any atom is -0.497 e. The van der Waals surface area contributed by atoms with E-state index in [-0.39, 0.29) is 6.04 Å². The van der Waals surface area contributed by atoms with Gasteiger partial charge in [0.2, 0.25) is 0 Å². The Morgan fingerprint density at radius 2 is 1.93 bits per heavy atom. The molecule has 29 heavy (non-hydrogen) atoms. The number of rotatable bonds is 6. The average molecular weight is 412 g/mol. The lowest BCUT2D eigenvalue weighted by atomic mass is 10.0. The summed E-state index contributed by atoms with van der Waals surface area (Å²) in [7, 11) is 5.32. The number of nitrogens with zero attached hydrogens (tertiary/aromatic N) is 5. The van der Waals surface area contributed by atoms with Gasteiger partial charge in [-0.3, -0.25) is 9.88 Å². The van der Waals surface area contributed by atoms with Crippen LogP contribution in [0.2, 0.25) is 0 Å². The molecule has 7 nitrogen and oxygen atoms in total. The zero-order valence-corrected chi connectivity index (χ0v) is 17.7. The monoisotopic (exact) mass is 411 g/mol. The van der Waals surface area contributed by atoms with Crippen molar-refractivity contribution >= 4 is 12.2 Å². The van der Waals surface area contributed by atoms with Gasteiger partial charge in [0.15, 0.2) is 10.6 Å². The highest BCUT2D eigenvalue weighted by atomic mass is 32.1. The number of aromatic nitrogens is 4. The normalized spacial score (nSPS) is 16.9. The molecule has 8 heteroatoms. The Hall–Kier alpha value is -2.71. The van der Waals surface area contributed by atoms with Crippen LogP contribution in [0.5, 0.6) is 11.5 Å². The minimum absolute atomic E-state index is 0.254. The van der Waals surface area contributed by atoms with Crippen molar-refractivity contribution < 1.29 is 9.47 Å². The Labute approximate surface area is 175 Å². The van der Waals surface area contributed by atoms with Crippen LogP contribution in [-0.2, 0) is 13.7 Å². The molecule has 0 radical (unpaired) electrons. The number of hydrogen-bond donors (Lipinski definition) is 0. The summed E-state index contributed by atoms with van der Waals surface area (Å²) in [5.74, 6) is 2.49. The summed E-state index contributed by atoms with van der Waals surface area (Å²) in [6.45, 7) is 1.63. The fraction of sp³-hybridized carbons (Fsp3) is 0.381. The van der Waals surface area contributed by atoms with Crippen molar-refractivity contribution in [1.82, 2.24) is 24.2 Å². The van der Waals surface area contributed by atoms with Crippen LogP contribution in [0.4, 0.5) is 0 Å². The van der Waals surface area contributed by atoms with Gasteiger partial charge < -0.3 is 14.0 Å². The molecule has 0 bridgehead atoms. The molecular formula is C21H25N5O2S. The Morgan fingerprint density at radius 1 is 1.14 bits per heavy atom. The minimum atomic E-state index is 0.254. The van der Waals surface area contributed by atoms with Gasteiger partial charge in [0.1, 0.15) is 11.5 Å². The van der Waals surface area contributed by atoms with Gasteiger partial charge in [-0.2, -0.15) is 5.10 Å². The lowest BCUT2D eigenvalue weighted by Crippen LogP contribution is -2.27. The SMILES string of the molecule is COc1ccc([C@H]2CCCN2Cn2nc(-c3ccncc3)n(C)c2=S)c(OC)c1. The quantitative estimate of drug-likeness (QED) is 0.575. The van der Waals surface area contributed by atoms with Crippen LogP contribution in [0.15, 0.2) is 42.7 Å². The van der Waals surface area contributed by atoms with Crippen molar-refractivity contribution in [2.75, 3.05) is 20.8 Å². The highest BCUT2D eigenvalue weighted by Crippen LogP contribution is 2.39. The maximum absolute atomic E-state index is 5.67. The number of pyridine rings is 1. The third kappa shape index (κ3) is 3.77. The standard InChI is InChI=1S/C21H25N5O2S/c1-24-20(15-8-10-22-11-9-15)23-26(21(24)29)14-25-12-4-5-18(25)17-7-6-16(27-2)13-19(17)28-3/h6-11,13,18H,4-5,12,14H2,1-3H3/t18-/m1/s1. The van der Waals surface area contributed by atoms with Crippen molar-refractivity contribution in [3.8, 4) is 22.9 Å². The number of likely N-dealkylation sites (tertiary alicyclic amines) is 1. The van der Waals surface area contributed by atoms with Gasteiger partial charge in [-0.05, 0) is 43.3 Å². The molecule has 152 valence electrons. The van der Waals surface area contributed by atoms with Gasteiger partial charge in [-0.1, -0.05) is 6.07 Å². The summed E-state index contributed by atoms with van der Waals surface area (Å²) in [5.41, 5.74) is 2.17. The average Bonchev–Trinajstić information content (AvgIpc) is 3.34. The molecule has 2 aromatic heterocycles. The van der Waals surface area contributed by atoms with E-state index >= 15 is 0 Å². The van der Waals surface area contributed by atoms with E-state index in [1.54, 1.807) is 26.6 Å². The van der Waals surface area contributed by atoms with Crippen LogP contribution in [0, 0.1) is 4.77 Å². The van der Waals surface area contributed by atoms with Gasteiger partial charge >= 0.3 is 0 Å². The van der Waals surface area contributed by atoms with Gasteiger partial charge in [0.05, 0.1) is 20.9 Å². The third-order valence-corrected chi connectivity index (χ3v) is 5.94. The molecule has 4 rings (SSSR count). The van der Waals surface area contributed by atoms with E-state index in [0.717, 1.165) is 42.3 Å². The van der Waals surface area contributed by atoms with E-state index in [1.807, 2.05) is 40.6 Å². The van der Waals surface area contributed by atoms with Crippen LogP contribution < -0.4 is 9.47 Å². The second kappa shape index (κ2) is 8.34. The third-order valence-electron chi connectivity index (χ3n) is 5.46. The first-order chi connectivity index (χ1) is 14.1. The van der Waals surface area contributed by atoms with Gasteiger partial charge in [-0.15, -0.1) is 0 Å². The summed E-state index contributed by atoms with van der Waals surface area (Å²) in [4.78, 5) is 6.49. The first-order valence-corrected chi connectivity index (χ1v) is 10.0. The lowest BCUT2D eigenvalue weighted by molar-refractivity contribution is 0.187. The molecule has 1 aliphatic rings. The highest BCUT2D eigenvalue weighted by molar-refractivity contribution is 7.71. The van der Waals surface area contributed by atoms with Gasteiger partial charge in [-0.25, -0.2) is 4.68 Å². The smallest absolute Gasteiger partial charge is 0.199 e. The molecule has 1 atom stereocenters. The topological polar surface area (TPSA) is 57.3 Å². The zero-order chi connectivity index (χ0) is 20.4. The summed E-state index contributed by atoms with van der Waals surface area (Å²) in [6.07, 6.45) is 5.73. The first-order valence-electron chi connectivity index (χ1n) is 9.62. The van der Waals surface area contributed by atoms with Crippen molar-refractivity contribution in [2.24, 2.45) is 7.05 Å². The van der Waals surface area contributed by atoms with E-state index in [2.05, 4.69) is 16.0 Å². The molecule has 0 N–H and O–H groups in total. The van der Waals surface area contributed by atoms with Crippen LogP contribution in [0.1, 0.15) is 24.4 Å². The predicted octanol–water partition coefficient (Wildman–Crippen LogP) is 3.82. The highest BCUT2D eigenvalue weighted by Gasteiger charge is 2.29. The fourth-order valence-electron chi connectivity index (χ4n) is 3.95. The summed E-state index contributed by atoms with van der Waals surface area (Å²) >= 11 is 5.67. The summed E-state index contributed by atoms with van der Waals surface area (Å²) in [5, 5.41) is 4.80. The molecular weight excluding hydrogens is 386 g/mol. The van der Waals surface area contributed by atoms with Crippen LogP contribution in [0.25, 0.3) is 11.4 Å². The second-order valence-electron chi connectivity index (χ2n) is 7.12. The van der Waals surface area contributed by atoms with Crippen LogP contribution >= 0.6 is 12.2 Å². The van der Waals surface area contributed by atoms with Crippen molar-refractivity contribution in [3.05, 3.63) is 53.1 Å². The van der Waals surface area contributed by atoms with Gasteiger partial charge in [0, 0.05) is 49.2 Å². The van der Waals surface area contributed by atoms with E-state index in [4.69, 9.17) is 26.8 Å².